The van der Waals surface area contributed by atoms with Gasteiger partial charge in [0.1, 0.15) is 5.75 Å². The van der Waals surface area contributed by atoms with E-state index < -0.39 is 11.6 Å². The van der Waals surface area contributed by atoms with E-state index in [-0.39, 0.29) is 5.91 Å². The molecular weight excluding hydrogens is 234 g/mol. The Hall–Kier alpha value is -2.04. The van der Waals surface area contributed by atoms with Crippen LogP contribution in [0.4, 0.5) is 5.69 Å². The van der Waals surface area contributed by atoms with E-state index in [1.165, 1.54) is 12.0 Å². The molecule has 0 unspecified atom stereocenters. The predicted octanol–water partition coefficient (Wildman–Crippen LogP) is 1.61. The van der Waals surface area contributed by atoms with Gasteiger partial charge in [0, 0.05) is 7.05 Å². The first-order valence-electron chi connectivity index (χ1n) is 5.56. The van der Waals surface area contributed by atoms with E-state index in [0.29, 0.717) is 17.0 Å². The molecule has 18 heavy (non-hydrogen) atoms. The lowest BCUT2D eigenvalue weighted by molar-refractivity contribution is -0.132. The summed E-state index contributed by atoms with van der Waals surface area (Å²) in [5.41, 5.74) is 0.0653. The van der Waals surface area contributed by atoms with Crippen molar-refractivity contribution in [2.24, 2.45) is 0 Å². The minimum Gasteiger partial charge on any atom is -0.476 e. The van der Waals surface area contributed by atoms with E-state index in [0.717, 1.165) is 0 Å². The molecule has 1 aromatic carbocycles. The summed E-state index contributed by atoms with van der Waals surface area (Å²) in [6, 6.07) is 4.88. The number of carbonyl (C=O) groups is 2. The van der Waals surface area contributed by atoms with Crippen molar-refractivity contribution < 1.29 is 19.1 Å². The molecule has 96 valence electrons. The summed E-state index contributed by atoms with van der Waals surface area (Å²) in [5, 5.41) is 0. The molecule has 0 N–H and O–H groups in total. The number of carbonyl (C=O) groups excluding carboxylic acids is 2. The number of nitrogens with zero attached hydrogens (tertiary/aromatic N) is 1. The van der Waals surface area contributed by atoms with Gasteiger partial charge in [-0.25, -0.2) is 4.79 Å². The summed E-state index contributed by atoms with van der Waals surface area (Å²) in [5.74, 6) is -0.0183. The molecule has 5 heteroatoms. The molecule has 1 heterocycles. The normalized spacial score (nSPS) is 16.9. The zero-order valence-corrected chi connectivity index (χ0v) is 10.8. The van der Waals surface area contributed by atoms with Crippen molar-refractivity contribution in [2.45, 2.75) is 19.4 Å². The molecule has 0 atom stereocenters. The number of benzene rings is 1. The van der Waals surface area contributed by atoms with Crippen molar-refractivity contribution in [1.82, 2.24) is 0 Å². The molecule has 5 nitrogen and oxygen atoms in total. The molecule has 1 aromatic rings. The van der Waals surface area contributed by atoms with E-state index in [1.54, 1.807) is 39.1 Å². The van der Waals surface area contributed by atoms with Crippen LogP contribution in [0.25, 0.3) is 0 Å². The number of ether oxygens (including phenoxy) is 2. The fraction of sp³-hybridized carbons (Fsp3) is 0.385. The number of fused-ring (bicyclic) bond motifs is 1. The Morgan fingerprint density at radius 1 is 1.39 bits per heavy atom. The number of hydrogen-bond donors (Lipinski definition) is 0. The zero-order chi connectivity index (χ0) is 13.5. The van der Waals surface area contributed by atoms with Crippen molar-refractivity contribution >= 4 is 17.6 Å². The lowest BCUT2D eigenvalue weighted by Crippen LogP contribution is -2.50. The number of likely N-dealkylation sites (N-methyl/N-ethyl adjacent to an activating group) is 1. The highest BCUT2D eigenvalue weighted by molar-refractivity contribution is 6.03. The largest absolute Gasteiger partial charge is 0.476 e. The van der Waals surface area contributed by atoms with Gasteiger partial charge in [0.15, 0.2) is 5.60 Å². The second kappa shape index (κ2) is 4.01. The maximum atomic E-state index is 12.0. The number of hydrogen-bond acceptors (Lipinski definition) is 4. The third-order valence-corrected chi connectivity index (χ3v) is 2.93. The number of esters is 1. The van der Waals surface area contributed by atoms with Gasteiger partial charge in [-0.1, -0.05) is 0 Å². The Morgan fingerprint density at radius 2 is 2.06 bits per heavy atom. The molecule has 0 saturated carbocycles. The van der Waals surface area contributed by atoms with Gasteiger partial charge in [-0.15, -0.1) is 0 Å². The van der Waals surface area contributed by atoms with E-state index in [2.05, 4.69) is 4.74 Å². The maximum Gasteiger partial charge on any atom is 0.337 e. The van der Waals surface area contributed by atoms with Gasteiger partial charge in [0.05, 0.1) is 18.4 Å². The van der Waals surface area contributed by atoms with Gasteiger partial charge >= 0.3 is 5.97 Å². The van der Waals surface area contributed by atoms with Gasteiger partial charge in [0.2, 0.25) is 0 Å². The lowest BCUT2D eigenvalue weighted by Gasteiger charge is -2.36. The van der Waals surface area contributed by atoms with Crippen LogP contribution in [-0.4, -0.2) is 31.6 Å². The Labute approximate surface area is 105 Å². The summed E-state index contributed by atoms with van der Waals surface area (Å²) in [6.07, 6.45) is 0. The van der Waals surface area contributed by atoms with E-state index in [1.807, 2.05) is 0 Å². The number of amides is 1. The summed E-state index contributed by atoms with van der Waals surface area (Å²) < 4.78 is 10.3. The second-order valence-corrected chi connectivity index (χ2v) is 4.65. The minimum absolute atomic E-state index is 0.156. The van der Waals surface area contributed by atoms with Crippen LogP contribution in [0.5, 0.6) is 5.75 Å². The molecule has 0 saturated heterocycles. The first-order valence-corrected chi connectivity index (χ1v) is 5.56. The molecule has 1 aliphatic rings. The Bertz CT molecular complexity index is 522. The van der Waals surface area contributed by atoms with Crippen LogP contribution in [0.2, 0.25) is 0 Å². The molecule has 0 aliphatic carbocycles. The fourth-order valence-electron chi connectivity index (χ4n) is 1.94. The fourth-order valence-corrected chi connectivity index (χ4v) is 1.94. The molecule has 1 aliphatic heterocycles. The molecule has 0 radical (unpaired) electrons. The summed E-state index contributed by atoms with van der Waals surface area (Å²) in [6.45, 7) is 3.42. The van der Waals surface area contributed by atoms with Crippen LogP contribution in [0.15, 0.2) is 18.2 Å². The van der Waals surface area contributed by atoms with Crippen LogP contribution < -0.4 is 9.64 Å². The van der Waals surface area contributed by atoms with Crippen LogP contribution in [0, 0.1) is 0 Å². The van der Waals surface area contributed by atoms with E-state index in [4.69, 9.17) is 4.74 Å². The number of anilines is 1. The van der Waals surface area contributed by atoms with E-state index in [9.17, 15) is 9.59 Å². The maximum absolute atomic E-state index is 12.0. The predicted molar refractivity (Wildman–Crippen MR) is 65.9 cm³/mol. The van der Waals surface area contributed by atoms with Gasteiger partial charge in [-0.3, -0.25) is 4.79 Å². The Morgan fingerprint density at radius 3 is 2.67 bits per heavy atom. The molecule has 2 rings (SSSR count). The molecule has 0 spiro atoms. The Kier molecular flexibility index (Phi) is 2.77. The minimum atomic E-state index is -0.894. The zero-order valence-electron chi connectivity index (χ0n) is 10.8. The van der Waals surface area contributed by atoms with Crippen molar-refractivity contribution in [3.8, 4) is 5.75 Å². The van der Waals surface area contributed by atoms with Crippen molar-refractivity contribution in [2.75, 3.05) is 19.1 Å². The average molecular weight is 249 g/mol. The smallest absolute Gasteiger partial charge is 0.337 e. The third-order valence-electron chi connectivity index (χ3n) is 2.93. The van der Waals surface area contributed by atoms with Gasteiger partial charge < -0.3 is 14.4 Å². The quantitative estimate of drug-likeness (QED) is 0.709. The molecule has 0 aromatic heterocycles. The molecule has 0 bridgehead atoms. The topological polar surface area (TPSA) is 55.8 Å². The second-order valence-electron chi connectivity index (χ2n) is 4.65. The number of methoxy groups -OCH3 is 1. The van der Waals surface area contributed by atoms with Crippen molar-refractivity contribution in [3.05, 3.63) is 23.8 Å². The van der Waals surface area contributed by atoms with Gasteiger partial charge in [-0.05, 0) is 32.0 Å². The van der Waals surface area contributed by atoms with Crippen LogP contribution >= 0.6 is 0 Å². The summed E-state index contributed by atoms with van der Waals surface area (Å²) in [4.78, 5) is 25.0. The Balaban J connectivity index is 2.49. The summed E-state index contributed by atoms with van der Waals surface area (Å²) >= 11 is 0. The molecule has 1 amide bonds. The van der Waals surface area contributed by atoms with Crippen LogP contribution in [0.3, 0.4) is 0 Å². The summed E-state index contributed by atoms with van der Waals surface area (Å²) in [7, 11) is 2.97. The van der Waals surface area contributed by atoms with Crippen molar-refractivity contribution in [3.63, 3.8) is 0 Å². The van der Waals surface area contributed by atoms with Crippen LogP contribution in [-0.2, 0) is 9.53 Å². The van der Waals surface area contributed by atoms with E-state index >= 15 is 0 Å². The van der Waals surface area contributed by atoms with Crippen molar-refractivity contribution in [1.29, 1.82) is 0 Å². The first-order chi connectivity index (χ1) is 8.36. The monoisotopic (exact) mass is 249 g/mol. The highest BCUT2D eigenvalue weighted by Crippen LogP contribution is 2.37. The average Bonchev–Trinajstić information content (AvgIpc) is 2.34. The van der Waals surface area contributed by atoms with Gasteiger partial charge in [-0.2, -0.15) is 0 Å². The highest BCUT2D eigenvalue weighted by atomic mass is 16.5. The number of rotatable bonds is 1. The van der Waals surface area contributed by atoms with Crippen LogP contribution in [0.1, 0.15) is 24.2 Å². The third kappa shape index (κ3) is 1.81. The lowest BCUT2D eigenvalue weighted by atomic mass is 10.0. The highest BCUT2D eigenvalue weighted by Gasteiger charge is 2.39. The van der Waals surface area contributed by atoms with Gasteiger partial charge in [0.25, 0.3) is 5.91 Å². The SMILES string of the molecule is COC(=O)c1ccc2c(c1)N(C)C(=O)C(C)(C)O2. The first kappa shape index (κ1) is 12.4. The molecular formula is C13H15NO4. The standard InChI is InChI=1S/C13H15NO4/c1-13(2)12(16)14(3)9-7-8(11(15)17-4)5-6-10(9)18-13/h5-7H,1-4H3. The molecule has 0 fully saturated rings.